The summed E-state index contributed by atoms with van der Waals surface area (Å²) in [6, 6.07) is 4.08. The van der Waals surface area contributed by atoms with Crippen molar-refractivity contribution in [2.24, 2.45) is 0 Å². The zero-order valence-electron chi connectivity index (χ0n) is 19.4. The second-order valence-electron chi connectivity index (χ2n) is 7.94. The Morgan fingerprint density at radius 1 is 1.08 bits per heavy atom. The molecule has 200 valence electrons. The number of methoxy groups -OCH3 is 1. The number of fused-ring (bicyclic) bond motifs is 1. The summed E-state index contributed by atoms with van der Waals surface area (Å²) in [6.45, 7) is 1.23. The molecule has 4 rings (SSSR count). The summed E-state index contributed by atoms with van der Waals surface area (Å²) < 4.78 is 103. The third kappa shape index (κ3) is 5.03. The van der Waals surface area contributed by atoms with E-state index in [-0.39, 0.29) is 22.7 Å². The lowest BCUT2D eigenvalue weighted by Gasteiger charge is -2.16. The summed E-state index contributed by atoms with van der Waals surface area (Å²) in [6.07, 6.45) is -7.81. The Hall–Kier alpha value is -4.43. The Bertz CT molecular complexity index is 1530. The van der Waals surface area contributed by atoms with Crippen molar-refractivity contribution in [3.05, 3.63) is 65.4 Å². The first kappa shape index (κ1) is 26.6. The molecule has 38 heavy (non-hydrogen) atoms. The number of carbonyl (C=O) groups excluding carboxylic acids is 1. The van der Waals surface area contributed by atoms with Crippen molar-refractivity contribution in [2.45, 2.75) is 25.4 Å². The lowest BCUT2D eigenvalue weighted by Crippen LogP contribution is -2.18. The monoisotopic (exact) mass is 543 g/mol. The number of pyridine rings is 1. The third-order valence-electron chi connectivity index (χ3n) is 5.55. The molecule has 0 aliphatic heterocycles. The van der Waals surface area contributed by atoms with Gasteiger partial charge in [0.15, 0.2) is 11.6 Å². The number of nitrogens with two attached hydrogens (primary N) is 1. The predicted octanol–water partition coefficient (Wildman–Crippen LogP) is 5.43. The minimum atomic E-state index is -5.05. The fourth-order valence-electron chi connectivity index (χ4n) is 3.85. The summed E-state index contributed by atoms with van der Waals surface area (Å²) >= 11 is 0. The number of nitrogens with zero attached hydrogens (tertiary/aromatic N) is 4. The minimum Gasteiger partial charge on any atom is -0.480 e. The maximum absolute atomic E-state index is 14.5. The molecule has 1 aromatic carbocycles. The Morgan fingerprint density at radius 3 is 2.42 bits per heavy atom. The highest BCUT2D eigenvalue weighted by Gasteiger charge is 2.37. The molecule has 0 unspecified atom stereocenters. The van der Waals surface area contributed by atoms with Crippen LogP contribution in [0.2, 0.25) is 0 Å². The van der Waals surface area contributed by atoms with Gasteiger partial charge in [0.25, 0.3) is 0 Å². The average molecular weight is 543 g/mol. The highest BCUT2D eigenvalue weighted by molar-refractivity contribution is 6.03. The quantitative estimate of drug-likeness (QED) is 0.256. The molecule has 0 spiro atoms. The summed E-state index contributed by atoms with van der Waals surface area (Å²) in [7, 11) is 1.17. The largest absolute Gasteiger partial charge is 0.573 e. The van der Waals surface area contributed by atoms with Gasteiger partial charge in [-0.25, -0.2) is 18.9 Å². The van der Waals surface area contributed by atoms with Crippen LogP contribution < -0.4 is 15.2 Å². The van der Waals surface area contributed by atoms with Gasteiger partial charge >= 0.3 is 12.5 Å². The fourth-order valence-corrected chi connectivity index (χ4v) is 3.85. The van der Waals surface area contributed by atoms with Crippen molar-refractivity contribution in [1.29, 1.82) is 0 Å². The van der Waals surface area contributed by atoms with Gasteiger partial charge in [-0.3, -0.25) is 4.79 Å². The maximum Gasteiger partial charge on any atom is 0.573 e. The van der Waals surface area contributed by atoms with Crippen LogP contribution in [0.25, 0.3) is 16.8 Å². The van der Waals surface area contributed by atoms with Gasteiger partial charge in [-0.05, 0) is 30.3 Å². The summed E-state index contributed by atoms with van der Waals surface area (Å²) in [5.74, 6) is -4.64. The number of nitrogen functional groups attached to an aromatic ring is 1. The predicted molar refractivity (Wildman–Crippen MR) is 118 cm³/mol. The average Bonchev–Trinajstić information content (AvgIpc) is 3.25. The summed E-state index contributed by atoms with van der Waals surface area (Å²) in [5.41, 5.74) is 3.15. The van der Waals surface area contributed by atoms with Crippen LogP contribution in [-0.4, -0.2) is 38.8 Å². The highest BCUT2D eigenvalue weighted by Crippen LogP contribution is 2.39. The van der Waals surface area contributed by atoms with Gasteiger partial charge in [-0.2, -0.15) is 18.3 Å². The molecule has 0 aliphatic rings. The van der Waals surface area contributed by atoms with E-state index in [1.807, 2.05) is 0 Å². The molecule has 1 atom stereocenters. The van der Waals surface area contributed by atoms with Crippen LogP contribution >= 0.6 is 0 Å². The summed E-state index contributed by atoms with van der Waals surface area (Å²) in [5, 5.41) is 3.83. The van der Waals surface area contributed by atoms with Crippen molar-refractivity contribution in [1.82, 2.24) is 19.6 Å². The zero-order valence-corrected chi connectivity index (χ0v) is 19.4. The number of benzene rings is 1. The van der Waals surface area contributed by atoms with E-state index in [4.69, 9.17) is 10.5 Å². The molecule has 0 bridgehead atoms. The number of ketones is 1. The maximum atomic E-state index is 14.5. The van der Waals surface area contributed by atoms with E-state index in [0.29, 0.717) is 6.07 Å². The normalized spacial score (nSPS) is 13.0. The zero-order chi connectivity index (χ0) is 28.0. The van der Waals surface area contributed by atoms with Crippen molar-refractivity contribution in [3.8, 4) is 22.9 Å². The molecule has 0 saturated carbocycles. The van der Waals surface area contributed by atoms with Gasteiger partial charge in [0.2, 0.25) is 5.88 Å². The molecule has 15 heteroatoms. The number of alkyl halides is 6. The molecular weight excluding hydrogens is 527 g/mol. The number of hydrogen-bond acceptors (Lipinski definition) is 7. The Balaban J connectivity index is 1.82. The molecule has 3 aromatic heterocycles. The number of hydrogen-bond donors (Lipinski definition) is 1. The first-order valence-electron chi connectivity index (χ1n) is 10.5. The van der Waals surface area contributed by atoms with E-state index in [2.05, 4.69) is 19.8 Å². The van der Waals surface area contributed by atoms with E-state index >= 15 is 0 Å². The van der Waals surface area contributed by atoms with Gasteiger partial charge < -0.3 is 15.2 Å². The van der Waals surface area contributed by atoms with Gasteiger partial charge in [0.1, 0.15) is 23.4 Å². The molecule has 3 heterocycles. The molecule has 0 radical (unpaired) electrons. The van der Waals surface area contributed by atoms with Crippen molar-refractivity contribution >= 4 is 17.1 Å². The topological polar surface area (TPSA) is 105 Å². The number of Topliss-reactive ketones (excluding diaryl/α,β-unsaturated/α-hetero) is 1. The molecule has 8 nitrogen and oxygen atoms in total. The highest BCUT2D eigenvalue weighted by atomic mass is 19.4. The lowest BCUT2D eigenvalue weighted by atomic mass is 9.91. The molecular formula is C23H16F7N5O3. The Morgan fingerprint density at radius 2 is 1.79 bits per heavy atom. The van der Waals surface area contributed by atoms with E-state index in [1.54, 1.807) is 0 Å². The number of rotatable bonds is 6. The first-order valence-corrected chi connectivity index (χ1v) is 10.5. The SMILES string of the molecule is COc1ncc(-c2cc(C(F)(F)F)c3c(N)ncnn23)cc1C(=O)[C@H](C)c1cc(OC(F)(F)F)ccc1F. The van der Waals surface area contributed by atoms with E-state index in [0.717, 1.165) is 41.3 Å². The molecule has 0 fully saturated rings. The van der Waals surface area contributed by atoms with Gasteiger partial charge in [-0.15, -0.1) is 13.2 Å². The van der Waals surface area contributed by atoms with Gasteiger partial charge in [0, 0.05) is 23.2 Å². The standard InChI is InChI=1S/C23H16F7N5O3/c1-10(13-6-12(3-4-16(13)24)38-23(28,29)30)19(36)14-5-11(8-32-21(14)37-2)17-7-15(22(25,26)27)18-20(31)33-9-34-35(17)18/h3-10H,1-2H3,(H2,31,33,34)/t10-/m1/s1. The van der Waals surface area contributed by atoms with E-state index in [1.165, 1.54) is 14.0 Å². The second kappa shape index (κ2) is 9.46. The molecule has 0 amide bonds. The van der Waals surface area contributed by atoms with Crippen LogP contribution in [0.3, 0.4) is 0 Å². The van der Waals surface area contributed by atoms with Gasteiger partial charge in [-0.1, -0.05) is 6.92 Å². The van der Waals surface area contributed by atoms with Crippen LogP contribution in [0.4, 0.5) is 36.6 Å². The molecule has 4 aromatic rings. The van der Waals surface area contributed by atoms with Crippen molar-refractivity contribution in [3.63, 3.8) is 0 Å². The summed E-state index contributed by atoms with van der Waals surface area (Å²) in [4.78, 5) is 20.9. The lowest BCUT2D eigenvalue weighted by molar-refractivity contribution is -0.274. The number of ether oxygens (including phenoxy) is 2. The molecule has 2 N–H and O–H groups in total. The molecule has 0 saturated heterocycles. The number of aromatic nitrogens is 4. The number of carbonyl (C=O) groups is 1. The van der Waals surface area contributed by atoms with Crippen molar-refractivity contribution < 1.29 is 45.0 Å². The van der Waals surface area contributed by atoms with Crippen LogP contribution in [0.5, 0.6) is 11.6 Å². The first-order chi connectivity index (χ1) is 17.7. The van der Waals surface area contributed by atoms with Crippen LogP contribution in [0.1, 0.15) is 34.3 Å². The second-order valence-corrected chi connectivity index (χ2v) is 7.94. The van der Waals surface area contributed by atoms with Crippen LogP contribution in [0, 0.1) is 5.82 Å². The van der Waals surface area contributed by atoms with Crippen LogP contribution in [0.15, 0.2) is 42.9 Å². The van der Waals surface area contributed by atoms with Gasteiger partial charge in [0.05, 0.1) is 23.9 Å². The van der Waals surface area contributed by atoms with E-state index < -0.39 is 58.3 Å². The smallest absolute Gasteiger partial charge is 0.480 e. The Labute approximate surface area is 208 Å². The molecule has 0 aliphatic carbocycles. The Kier molecular flexibility index (Phi) is 6.63. The third-order valence-corrected chi connectivity index (χ3v) is 5.55. The van der Waals surface area contributed by atoms with Crippen LogP contribution in [-0.2, 0) is 6.18 Å². The number of anilines is 1. The fraction of sp³-hybridized carbons (Fsp3) is 0.217. The van der Waals surface area contributed by atoms with Crippen molar-refractivity contribution in [2.75, 3.05) is 12.8 Å². The number of halogens is 7. The minimum absolute atomic E-state index is 0.0143. The van der Waals surface area contributed by atoms with E-state index in [9.17, 15) is 35.5 Å².